The summed E-state index contributed by atoms with van der Waals surface area (Å²) < 4.78 is 13.3. The zero-order chi connectivity index (χ0) is 4.99. The molecule has 0 saturated carbocycles. The first-order valence-corrected chi connectivity index (χ1v) is 2.32. The summed E-state index contributed by atoms with van der Waals surface area (Å²) in [5.74, 6) is -0.486. The van der Waals surface area contributed by atoms with E-state index in [1.54, 1.807) is 0 Å². The molecule has 0 unspecified atom stereocenters. The molecule has 6 heavy (non-hydrogen) atoms. The summed E-state index contributed by atoms with van der Waals surface area (Å²) in [6.07, 6.45) is 0. The number of hydrogen-bond acceptors (Lipinski definition) is 3. The quantitative estimate of drug-likeness (QED) is 0.420. The summed E-state index contributed by atoms with van der Waals surface area (Å²) in [6.45, 7) is 1.21. The van der Waals surface area contributed by atoms with Crippen molar-refractivity contribution in [3.05, 3.63) is 0 Å². The van der Waals surface area contributed by atoms with E-state index in [2.05, 4.69) is 3.79 Å². The minimum atomic E-state index is -1.35. The van der Waals surface area contributed by atoms with Gasteiger partial charge in [-0.15, -0.1) is 0 Å². The second-order valence-electron chi connectivity index (χ2n) is 0.706. The van der Waals surface area contributed by atoms with Crippen LogP contribution in [0.1, 0.15) is 6.92 Å². The van der Waals surface area contributed by atoms with Gasteiger partial charge >= 0.3 is 40.8 Å². The molecule has 0 aromatic heterocycles. The Kier molecular flexibility index (Phi) is 2.91. The molecule has 0 spiro atoms. The second-order valence-corrected chi connectivity index (χ2v) is 1.13. The standard InChI is InChI=1S/C2H4O2.Al.O/c1-2(3)4;;/h1H3,(H,3,4);;/q;+1;/p-1. The van der Waals surface area contributed by atoms with E-state index >= 15 is 0 Å². The van der Waals surface area contributed by atoms with Gasteiger partial charge in [0.1, 0.15) is 0 Å². The first kappa shape index (κ1) is 5.80. The Bertz CT molecular complexity index is 69.2. The Morgan fingerprint density at radius 2 is 2.33 bits per heavy atom. The monoisotopic (exact) mass is 102 g/mol. The van der Waals surface area contributed by atoms with E-state index in [1.165, 1.54) is 6.92 Å². The molecule has 0 N–H and O–H groups in total. The number of rotatable bonds is 1. The van der Waals surface area contributed by atoms with Gasteiger partial charge in [0.25, 0.3) is 0 Å². The Hall–Kier alpha value is -0.198. The van der Waals surface area contributed by atoms with Crippen LogP contribution in [0.2, 0.25) is 0 Å². The Morgan fingerprint density at radius 3 is 2.33 bits per heavy atom. The molecular weight excluding hydrogens is 99.0 g/mol. The Morgan fingerprint density at radius 1 is 1.83 bits per heavy atom. The minimum absolute atomic E-state index is 0.486. The third-order valence-corrected chi connectivity index (χ3v) is 0.642. The maximum absolute atomic E-state index is 9.64. The van der Waals surface area contributed by atoms with E-state index in [-0.39, 0.29) is 0 Å². The van der Waals surface area contributed by atoms with Gasteiger partial charge in [-0.25, -0.2) is 0 Å². The third-order valence-electron chi connectivity index (χ3n) is 0.214. The van der Waals surface area contributed by atoms with Crippen LogP contribution in [0.25, 0.3) is 0 Å². The summed E-state index contributed by atoms with van der Waals surface area (Å²) in [5.41, 5.74) is 0. The fraction of sp³-hybridized carbons (Fsp3) is 0.500. The van der Waals surface area contributed by atoms with Crippen molar-refractivity contribution in [2.45, 2.75) is 6.92 Å². The van der Waals surface area contributed by atoms with Gasteiger partial charge in [-0.2, -0.15) is 0 Å². The summed E-state index contributed by atoms with van der Waals surface area (Å²) >= 11 is -1.35. The fourth-order valence-corrected chi connectivity index (χ4v) is 0.203. The van der Waals surface area contributed by atoms with Crippen molar-refractivity contribution in [1.82, 2.24) is 0 Å². The predicted molar refractivity (Wildman–Crippen MR) is 18.2 cm³/mol. The summed E-state index contributed by atoms with van der Waals surface area (Å²) in [7, 11) is 0. The molecule has 0 aromatic rings. The van der Waals surface area contributed by atoms with Crippen molar-refractivity contribution in [3.8, 4) is 0 Å². The maximum atomic E-state index is 9.64. The van der Waals surface area contributed by atoms with Gasteiger partial charge in [-0.3, -0.25) is 0 Å². The first-order chi connectivity index (χ1) is 2.77. The molecule has 0 fully saturated rings. The summed E-state index contributed by atoms with van der Waals surface area (Å²) in [4.78, 5) is 9.64. The van der Waals surface area contributed by atoms with Gasteiger partial charge in [0.15, 0.2) is 0 Å². The van der Waals surface area contributed by atoms with E-state index in [0.717, 1.165) is 0 Å². The van der Waals surface area contributed by atoms with Gasteiger partial charge in [0.2, 0.25) is 0 Å². The molecule has 32 valence electrons. The van der Waals surface area contributed by atoms with E-state index in [0.29, 0.717) is 0 Å². The van der Waals surface area contributed by atoms with Gasteiger partial charge in [0, 0.05) is 0 Å². The zero-order valence-corrected chi connectivity index (χ0v) is 4.46. The zero-order valence-electron chi connectivity index (χ0n) is 3.30. The van der Waals surface area contributed by atoms with Crippen LogP contribution >= 0.6 is 0 Å². The van der Waals surface area contributed by atoms with Crippen molar-refractivity contribution in [2.24, 2.45) is 0 Å². The van der Waals surface area contributed by atoms with Crippen molar-refractivity contribution < 1.29 is 12.4 Å². The molecule has 0 rings (SSSR count). The molecule has 0 aliphatic heterocycles. The molecule has 0 radical (unpaired) electrons. The van der Waals surface area contributed by atoms with Crippen LogP contribution in [0, 0.1) is 0 Å². The third kappa shape index (κ3) is 3.80. The first-order valence-electron chi connectivity index (χ1n) is 1.38. The van der Waals surface area contributed by atoms with Crippen molar-refractivity contribution in [2.75, 3.05) is 0 Å². The molecule has 4 heteroatoms. The van der Waals surface area contributed by atoms with Crippen LogP contribution in [-0.4, -0.2) is 21.5 Å². The predicted octanol–water partition coefficient (Wildman–Crippen LogP) is -0.486. The molecule has 0 saturated heterocycles. The molecule has 0 heterocycles. The van der Waals surface area contributed by atoms with Crippen molar-refractivity contribution in [3.63, 3.8) is 0 Å². The molecule has 0 aliphatic rings. The molecule has 0 aliphatic carbocycles. The molecule has 0 bridgehead atoms. The SMILES string of the molecule is CC(=O)[O][Al]=[O]. The van der Waals surface area contributed by atoms with Crippen molar-refractivity contribution in [1.29, 1.82) is 0 Å². The van der Waals surface area contributed by atoms with Gasteiger partial charge in [0.05, 0.1) is 0 Å². The van der Waals surface area contributed by atoms with E-state index < -0.39 is 21.5 Å². The molecule has 0 amide bonds. The average Bonchev–Trinajstić information content (AvgIpc) is 1.35. The van der Waals surface area contributed by atoms with Crippen molar-refractivity contribution >= 4 is 21.5 Å². The molecule has 0 atom stereocenters. The van der Waals surface area contributed by atoms with Crippen LogP contribution in [0.3, 0.4) is 0 Å². The normalized spacial score (nSPS) is 6.17. The van der Waals surface area contributed by atoms with E-state index in [4.69, 9.17) is 0 Å². The Balaban J connectivity index is 3.05. The number of hydrogen-bond donors (Lipinski definition) is 0. The van der Waals surface area contributed by atoms with Crippen LogP contribution in [-0.2, 0) is 12.4 Å². The van der Waals surface area contributed by atoms with Gasteiger partial charge < -0.3 is 0 Å². The van der Waals surface area contributed by atoms with Gasteiger partial charge in [-0.1, -0.05) is 0 Å². The number of carbonyl (C=O) groups excluding carboxylic acids is 1. The second kappa shape index (κ2) is 3.01. The van der Waals surface area contributed by atoms with Gasteiger partial charge in [-0.05, 0) is 0 Å². The van der Waals surface area contributed by atoms with Crippen LogP contribution in [0.4, 0.5) is 0 Å². The van der Waals surface area contributed by atoms with Crippen LogP contribution in [0.5, 0.6) is 0 Å². The summed E-state index contributed by atoms with van der Waals surface area (Å²) in [6, 6.07) is 0. The molecule has 3 nitrogen and oxygen atoms in total. The van der Waals surface area contributed by atoms with Crippen LogP contribution in [0.15, 0.2) is 0 Å². The fourth-order valence-electron chi connectivity index (χ4n) is 0.0678. The Labute approximate surface area is 41.5 Å². The van der Waals surface area contributed by atoms with E-state index in [9.17, 15) is 8.60 Å². The average molecular weight is 102 g/mol. The molecular formula is C2H3AlO3. The van der Waals surface area contributed by atoms with Crippen LogP contribution < -0.4 is 0 Å². The number of carbonyl (C=O) groups is 1. The summed E-state index contributed by atoms with van der Waals surface area (Å²) in [5, 5.41) is 0. The molecule has 0 aromatic carbocycles. The van der Waals surface area contributed by atoms with E-state index in [1.807, 2.05) is 0 Å². The topological polar surface area (TPSA) is 43.4 Å².